The zero-order valence-corrected chi connectivity index (χ0v) is 12.3. The molecule has 0 aliphatic carbocycles. The van der Waals surface area contributed by atoms with Crippen LogP contribution in [-0.2, 0) is 0 Å². The van der Waals surface area contributed by atoms with Crippen LogP contribution in [0, 0.1) is 5.82 Å². The Balaban J connectivity index is 2.32. The van der Waals surface area contributed by atoms with E-state index in [-0.39, 0.29) is 11.9 Å². The van der Waals surface area contributed by atoms with Gasteiger partial charge in [0, 0.05) is 23.8 Å². The average Bonchev–Trinajstić information content (AvgIpc) is 2.42. The number of hydrogen-bond donors (Lipinski definition) is 1. The summed E-state index contributed by atoms with van der Waals surface area (Å²) in [5.74, 6) is -0.234. The molecule has 0 fully saturated rings. The Kier molecular flexibility index (Phi) is 4.56. The maximum absolute atomic E-state index is 13.0. The first-order valence-electron chi connectivity index (χ1n) is 6.06. The van der Waals surface area contributed by atoms with Gasteiger partial charge in [0.05, 0.1) is 6.04 Å². The van der Waals surface area contributed by atoms with Crippen LogP contribution in [0.2, 0.25) is 0 Å². The Hall–Kier alpha value is -1.39. The van der Waals surface area contributed by atoms with E-state index in [1.807, 2.05) is 31.3 Å². The third-order valence-electron chi connectivity index (χ3n) is 3.19. The Labute approximate surface area is 121 Å². The molecule has 1 atom stereocenters. The van der Waals surface area contributed by atoms with Crippen molar-refractivity contribution in [2.75, 3.05) is 18.5 Å². The molecule has 0 saturated heterocycles. The molecule has 0 aliphatic rings. The van der Waals surface area contributed by atoms with E-state index in [4.69, 9.17) is 5.73 Å². The van der Waals surface area contributed by atoms with Gasteiger partial charge in [-0.05, 0) is 35.9 Å². The third-order valence-corrected chi connectivity index (χ3v) is 3.91. The van der Waals surface area contributed by atoms with Gasteiger partial charge < -0.3 is 10.6 Å². The quantitative estimate of drug-likeness (QED) is 0.929. The number of halogens is 2. The van der Waals surface area contributed by atoms with Crippen molar-refractivity contribution in [3.8, 4) is 0 Å². The standard InChI is InChI=1S/C15H16BrFN2/c1-19(12-8-6-11(17)7-9-12)15(10-18)13-4-2-3-5-14(13)16/h2-9,15H,10,18H2,1H3. The molecule has 0 spiro atoms. The highest BCUT2D eigenvalue weighted by Gasteiger charge is 2.18. The first-order chi connectivity index (χ1) is 9.13. The van der Waals surface area contributed by atoms with Crippen LogP contribution in [0.4, 0.5) is 10.1 Å². The summed E-state index contributed by atoms with van der Waals surface area (Å²) in [6, 6.07) is 14.5. The molecule has 0 aromatic heterocycles. The lowest BCUT2D eigenvalue weighted by Gasteiger charge is -2.30. The molecule has 2 aromatic carbocycles. The van der Waals surface area contributed by atoms with Gasteiger partial charge in [-0.2, -0.15) is 0 Å². The summed E-state index contributed by atoms with van der Waals surface area (Å²) in [5, 5.41) is 0. The van der Waals surface area contributed by atoms with Gasteiger partial charge in [0.15, 0.2) is 0 Å². The summed E-state index contributed by atoms with van der Waals surface area (Å²) < 4.78 is 14.0. The van der Waals surface area contributed by atoms with E-state index >= 15 is 0 Å². The first-order valence-corrected chi connectivity index (χ1v) is 6.85. The summed E-state index contributed by atoms with van der Waals surface area (Å²) in [4.78, 5) is 2.06. The molecular weight excluding hydrogens is 307 g/mol. The predicted molar refractivity (Wildman–Crippen MR) is 80.7 cm³/mol. The first kappa shape index (κ1) is 14.0. The largest absolute Gasteiger partial charge is 0.366 e. The smallest absolute Gasteiger partial charge is 0.123 e. The molecule has 2 rings (SSSR count). The molecule has 2 nitrogen and oxygen atoms in total. The lowest BCUT2D eigenvalue weighted by atomic mass is 10.1. The fourth-order valence-corrected chi connectivity index (χ4v) is 2.64. The summed E-state index contributed by atoms with van der Waals surface area (Å²) in [7, 11) is 1.96. The van der Waals surface area contributed by atoms with Crippen LogP contribution in [0.15, 0.2) is 53.0 Å². The summed E-state index contributed by atoms with van der Waals surface area (Å²) in [5.41, 5.74) is 7.96. The van der Waals surface area contributed by atoms with Crippen molar-refractivity contribution in [2.24, 2.45) is 5.73 Å². The van der Waals surface area contributed by atoms with Crippen molar-refractivity contribution in [2.45, 2.75) is 6.04 Å². The summed E-state index contributed by atoms with van der Waals surface area (Å²) in [6.45, 7) is 0.483. The van der Waals surface area contributed by atoms with Crippen molar-refractivity contribution in [3.05, 3.63) is 64.4 Å². The zero-order chi connectivity index (χ0) is 13.8. The molecule has 0 aliphatic heterocycles. The van der Waals surface area contributed by atoms with Crippen LogP contribution >= 0.6 is 15.9 Å². The second kappa shape index (κ2) is 6.17. The minimum atomic E-state index is -0.234. The second-order valence-corrected chi connectivity index (χ2v) is 5.21. The van der Waals surface area contributed by atoms with E-state index in [2.05, 4.69) is 20.8 Å². The lowest BCUT2D eigenvalue weighted by molar-refractivity contribution is 0.626. The number of likely N-dealkylation sites (N-methyl/N-ethyl adjacent to an activating group) is 1. The van der Waals surface area contributed by atoms with Crippen molar-refractivity contribution >= 4 is 21.6 Å². The van der Waals surface area contributed by atoms with Gasteiger partial charge in [-0.3, -0.25) is 0 Å². The molecule has 2 aromatic rings. The SMILES string of the molecule is CN(c1ccc(F)cc1)C(CN)c1ccccc1Br. The van der Waals surface area contributed by atoms with Gasteiger partial charge in [-0.25, -0.2) is 4.39 Å². The highest BCUT2D eigenvalue weighted by Crippen LogP contribution is 2.29. The summed E-state index contributed by atoms with van der Waals surface area (Å²) >= 11 is 3.55. The number of hydrogen-bond acceptors (Lipinski definition) is 2. The molecular formula is C15H16BrFN2. The van der Waals surface area contributed by atoms with E-state index in [1.54, 1.807) is 12.1 Å². The van der Waals surface area contributed by atoms with Gasteiger partial charge in [0.25, 0.3) is 0 Å². The molecule has 0 amide bonds. The Morgan fingerprint density at radius 2 is 1.79 bits per heavy atom. The maximum Gasteiger partial charge on any atom is 0.123 e. The van der Waals surface area contributed by atoms with Crippen LogP contribution in [0.25, 0.3) is 0 Å². The number of nitrogens with two attached hydrogens (primary N) is 1. The molecule has 0 radical (unpaired) electrons. The zero-order valence-electron chi connectivity index (χ0n) is 10.7. The van der Waals surface area contributed by atoms with Crippen LogP contribution in [0.3, 0.4) is 0 Å². The molecule has 100 valence electrons. The van der Waals surface area contributed by atoms with Crippen LogP contribution < -0.4 is 10.6 Å². The van der Waals surface area contributed by atoms with E-state index in [9.17, 15) is 4.39 Å². The van der Waals surface area contributed by atoms with E-state index in [0.29, 0.717) is 6.54 Å². The van der Waals surface area contributed by atoms with Crippen LogP contribution in [0.1, 0.15) is 11.6 Å². The molecule has 0 saturated carbocycles. The molecule has 0 bridgehead atoms. The molecule has 1 unspecified atom stereocenters. The molecule has 19 heavy (non-hydrogen) atoms. The average molecular weight is 323 g/mol. The topological polar surface area (TPSA) is 29.3 Å². The monoisotopic (exact) mass is 322 g/mol. The predicted octanol–water partition coefficient (Wildman–Crippen LogP) is 3.72. The van der Waals surface area contributed by atoms with Crippen LogP contribution in [-0.4, -0.2) is 13.6 Å². The Morgan fingerprint density at radius 1 is 1.16 bits per heavy atom. The van der Waals surface area contributed by atoms with Crippen molar-refractivity contribution in [1.82, 2.24) is 0 Å². The van der Waals surface area contributed by atoms with Gasteiger partial charge >= 0.3 is 0 Å². The second-order valence-electron chi connectivity index (χ2n) is 4.36. The minimum Gasteiger partial charge on any atom is -0.366 e. The van der Waals surface area contributed by atoms with Crippen molar-refractivity contribution in [1.29, 1.82) is 0 Å². The van der Waals surface area contributed by atoms with Crippen molar-refractivity contribution < 1.29 is 4.39 Å². The van der Waals surface area contributed by atoms with Gasteiger partial charge in [-0.1, -0.05) is 34.1 Å². The van der Waals surface area contributed by atoms with E-state index in [1.165, 1.54) is 12.1 Å². The van der Waals surface area contributed by atoms with Crippen molar-refractivity contribution in [3.63, 3.8) is 0 Å². The Bertz CT molecular complexity index is 542. The number of nitrogens with zero attached hydrogens (tertiary/aromatic N) is 1. The van der Waals surface area contributed by atoms with E-state index < -0.39 is 0 Å². The highest BCUT2D eigenvalue weighted by atomic mass is 79.9. The maximum atomic E-state index is 13.0. The van der Waals surface area contributed by atoms with Gasteiger partial charge in [0.2, 0.25) is 0 Å². The lowest BCUT2D eigenvalue weighted by Crippen LogP contribution is -2.30. The molecule has 2 N–H and O–H groups in total. The highest BCUT2D eigenvalue weighted by molar-refractivity contribution is 9.10. The summed E-state index contributed by atoms with van der Waals surface area (Å²) in [6.07, 6.45) is 0. The van der Waals surface area contributed by atoms with Crippen LogP contribution in [0.5, 0.6) is 0 Å². The molecule has 4 heteroatoms. The number of benzene rings is 2. The Morgan fingerprint density at radius 3 is 2.37 bits per heavy atom. The third kappa shape index (κ3) is 3.14. The minimum absolute atomic E-state index is 0.0426. The molecule has 0 heterocycles. The van der Waals surface area contributed by atoms with Gasteiger partial charge in [0.1, 0.15) is 5.82 Å². The van der Waals surface area contributed by atoms with E-state index in [0.717, 1.165) is 15.7 Å². The number of anilines is 1. The fourth-order valence-electron chi connectivity index (χ4n) is 2.10. The van der Waals surface area contributed by atoms with Gasteiger partial charge in [-0.15, -0.1) is 0 Å². The normalized spacial score (nSPS) is 12.2. The fraction of sp³-hybridized carbons (Fsp3) is 0.200. The number of rotatable bonds is 4.